The summed E-state index contributed by atoms with van der Waals surface area (Å²) in [6, 6.07) is 6.92. The van der Waals surface area contributed by atoms with E-state index in [0.717, 1.165) is 12.7 Å². The number of amides is 1. The van der Waals surface area contributed by atoms with E-state index in [9.17, 15) is 18.0 Å². The predicted molar refractivity (Wildman–Crippen MR) is 98.2 cm³/mol. The Hall–Kier alpha value is -2.68. The van der Waals surface area contributed by atoms with Crippen LogP contribution in [0.2, 0.25) is 0 Å². The number of aryl methyl sites for hydroxylation is 1. The van der Waals surface area contributed by atoms with Crippen molar-refractivity contribution in [1.29, 1.82) is 0 Å². The fourth-order valence-corrected chi connectivity index (χ4v) is 2.93. The highest BCUT2D eigenvalue weighted by molar-refractivity contribution is 7.90. The number of esters is 1. The van der Waals surface area contributed by atoms with Crippen LogP contribution in [-0.4, -0.2) is 37.8 Å². The van der Waals surface area contributed by atoms with E-state index in [2.05, 4.69) is 10.5 Å². The number of aromatic nitrogens is 1. The highest BCUT2D eigenvalue weighted by Crippen LogP contribution is 2.15. The van der Waals surface area contributed by atoms with Crippen molar-refractivity contribution < 1.29 is 27.3 Å². The van der Waals surface area contributed by atoms with Gasteiger partial charge in [0, 0.05) is 12.3 Å². The Morgan fingerprint density at radius 2 is 1.93 bits per heavy atom. The van der Waals surface area contributed by atoms with Crippen molar-refractivity contribution in [3.8, 4) is 0 Å². The number of ether oxygens (including phenoxy) is 1. The van der Waals surface area contributed by atoms with Crippen molar-refractivity contribution in [2.24, 2.45) is 0 Å². The van der Waals surface area contributed by atoms with Crippen LogP contribution in [0, 0.1) is 6.92 Å². The molecular weight excluding hydrogens is 372 g/mol. The molecule has 2 rings (SSSR count). The first-order chi connectivity index (χ1) is 12.7. The molecule has 8 nitrogen and oxygen atoms in total. The Kier molecular flexibility index (Phi) is 6.73. The number of hydrogen-bond acceptors (Lipinski definition) is 7. The Morgan fingerprint density at radius 1 is 1.26 bits per heavy atom. The smallest absolute Gasteiger partial charge is 0.338 e. The molecule has 1 amide bonds. The molecule has 0 saturated carbocycles. The van der Waals surface area contributed by atoms with E-state index in [1.807, 2.05) is 6.92 Å². The zero-order valence-corrected chi connectivity index (χ0v) is 16.2. The Balaban J connectivity index is 2.09. The first kappa shape index (κ1) is 20.6. The van der Waals surface area contributed by atoms with E-state index in [-0.39, 0.29) is 16.3 Å². The Bertz CT molecular complexity index is 902. The van der Waals surface area contributed by atoms with Crippen molar-refractivity contribution in [1.82, 2.24) is 5.16 Å². The highest BCUT2D eigenvalue weighted by atomic mass is 32.2. The number of anilines is 1. The summed E-state index contributed by atoms with van der Waals surface area (Å²) in [6.45, 7) is 3.65. The molecule has 9 heteroatoms. The molecule has 1 N–H and O–H groups in total. The second-order valence-electron chi connectivity index (χ2n) is 6.14. The van der Waals surface area contributed by atoms with Crippen LogP contribution in [0.25, 0.3) is 0 Å². The van der Waals surface area contributed by atoms with E-state index in [1.165, 1.54) is 24.3 Å². The van der Waals surface area contributed by atoms with E-state index < -0.39 is 27.8 Å². The first-order valence-corrected chi connectivity index (χ1v) is 10.3. The monoisotopic (exact) mass is 394 g/mol. The van der Waals surface area contributed by atoms with E-state index in [4.69, 9.17) is 9.26 Å². The van der Waals surface area contributed by atoms with Crippen LogP contribution in [0.3, 0.4) is 0 Å². The summed E-state index contributed by atoms with van der Waals surface area (Å²) < 4.78 is 33.2. The second-order valence-corrected chi connectivity index (χ2v) is 8.16. The van der Waals surface area contributed by atoms with Crippen LogP contribution in [0.15, 0.2) is 39.8 Å². The summed E-state index contributed by atoms with van der Waals surface area (Å²) in [6.07, 6.45) is 1.96. The van der Waals surface area contributed by atoms with Gasteiger partial charge in [0.2, 0.25) is 0 Å². The number of nitrogens with one attached hydrogen (secondary N) is 1. The average Bonchev–Trinajstić information content (AvgIpc) is 3.02. The van der Waals surface area contributed by atoms with Crippen LogP contribution < -0.4 is 5.32 Å². The highest BCUT2D eigenvalue weighted by Gasteiger charge is 2.24. The Labute approximate surface area is 157 Å². The molecule has 146 valence electrons. The zero-order valence-electron chi connectivity index (χ0n) is 15.4. The van der Waals surface area contributed by atoms with Crippen molar-refractivity contribution >= 4 is 27.5 Å². The largest absolute Gasteiger partial charge is 0.449 e. The maximum atomic E-state index is 12.4. The maximum Gasteiger partial charge on any atom is 0.338 e. The van der Waals surface area contributed by atoms with Gasteiger partial charge < -0.3 is 14.6 Å². The van der Waals surface area contributed by atoms with E-state index >= 15 is 0 Å². The first-order valence-electron chi connectivity index (χ1n) is 8.46. The van der Waals surface area contributed by atoms with Gasteiger partial charge in [-0.05, 0) is 44.0 Å². The van der Waals surface area contributed by atoms with Crippen molar-refractivity contribution in [3.05, 3.63) is 41.7 Å². The maximum absolute atomic E-state index is 12.4. The third-order valence-electron chi connectivity index (χ3n) is 3.76. The fourth-order valence-electron chi connectivity index (χ4n) is 2.30. The number of hydrogen-bond donors (Lipinski definition) is 1. The molecule has 27 heavy (non-hydrogen) atoms. The van der Waals surface area contributed by atoms with Crippen LogP contribution in [0.5, 0.6) is 0 Å². The minimum Gasteiger partial charge on any atom is -0.449 e. The Morgan fingerprint density at radius 3 is 2.44 bits per heavy atom. The van der Waals surface area contributed by atoms with Gasteiger partial charge >= 0.3 is 5.97 Å². The zero-order chi connectivity index (χ0) is 20.0. The normalized spacial score (nSPS) is 12.4. The quantitative estimate of drug-likeness (QED) is 0.684. The number of nitrogens with zero attached hydrogens (tertiary/aromatic N) is 1. The minimum atomic E-state index is -3.36. The van der Waals surface area contributed by atoms with Gasteiger partial charge in [-0.25, -0.2) is 13.2 Å². The lowest BCUT2D eigenvalue weighted by Crippen LogP contribution is -2.32. The lowest BCUT2D eigenvalue weighted by molar-refractivity contribution is -0.125. The fraction of sp³-hybridized carbons (Fsp3) is 0.389. The van der Waals surface area contributed by atoms with Gasteiger partial charge in [0.05, 0.1) is 10.5 Å². The van der Waals surface area contributed by atoms with Gasteiger partial charge in [0.15, 0.2) is 21.8 Å². The summed E-state index contributed by atoms with van der Waals surface area (Å²) in [4.78, 5) is 24.9. The second kappa shape index (κ2) is 8.81. The number of sulfone groups is 1. The van der Waals surface area contributed by atoms with Crippen LogP contribution >= 0.6 is 0 Å². The molecule has 0 aliphatic carbocycles. The van der Waals surface area contributed by atoms with Gasteiger partial charge in [-0.1, -0.05) is 18.5 Å². The molecule has 1 heterocycles. The van der Waals surface area contributed by atoms with Crippen LogP contribution in [0.4, 0.5) is 5.82 Å². The number of rotatable bonds is 8. The van der Waals surface area contributed by atoms with Crippen molar-refractivity contribution in [2.45, 2.75) is 44.1 Å². The van der Waals surface area contributed by atoms with Crippen LogP contribution in [0.1, 0.15) is 42.3 Å². The summed E-state index contributed by atoms with van der Waals surface area (Å²) >= 11 is 0. The standard InChI is InChI=1S/C18H22N2O6S/c1-4-5-6-15(17(21)19-16-11-12(2)26-20-16)25-18(22)13-7-9-14(10-8-13)27(3,23)24/h7-11,15H,4-6H2,1-3H3,(H,19,20,21)/t15-/m1/s1. The third-order valence-corrected chi connectivity index (χ3v) is 4.89. The summed E-state index contributed by atoms with van der Waals surface area (Å²) in [7, 11) is -3.36. The summed E-state index contributed by atoms with van der Waals surface area (Å²) in [5.41, 5.74) is 0.161. The van der Waals surface area contributed by atoms with Gasteiger partial charge in [-0.2, -0.15) is 0 Å². The molecule has 0 fully saturated rings. The van der Waals surface area contributed by atoms with Gasteiger partial charge in [-0.15, -0.1) is 0 Å². The number of benzene rings is 1. The van der Waals surface area contributed by atoms with Gasteiger partial charge in [0.1, 0.15) is 5.76 Å². The molecule has 0 unspecified atom stereocenters. The topological polar surface area (TPSA) is 116 Å². The predicted octanol–water partition coefficient (Wildman–Crippen LogP) is 2.74. The lowest BCUT2D eigenvalue weighted by atomic mass is 10.1. The number of unbranched alkanes of at least 4 members (excludes halogenated alkanes) is 1. The number of carbonyl (C=O) groups excluding carboxylic acids is 2. The molecule has 0 saturated heterocycles. The molecule has 0 radical (unpaired) electrons. The van der Waals surface area contributed by atoms with Crippen molar-refractivity contribution in [3.63, 3.8) is 0 Å². The SMILES string of the molecule is CCCC[C@@H](OC(=O)c1ccc(S(C)(=O)=O)cc1)C(=O)Nc1cc(C)on1. The molecule has 0 aliphatic heterocycles. The molecule has 1 aromatic carbocycles. The third kappa shape index (κ3) is 5.92. The molecular formula is C18H22N2O6S. The average molecular weight is 394 g/mol. The molecule has 0 spiro atoms. The molecule has 1 aromatic heterocycles. The van der Waals surface area contributed by atoms with Crippen molar-refractivity contribution in [2.75, 3.05) is 11.6 Å². The summed E-state index contributed by atoms with van der Waals surface area (Å²) in [5, 5.41) is 6.24. The number of carbonyl (C=O) groups is 2. The lowest BCUT2D eigenvalue weighted by Gasteiger charge is -2.16. The van der Waals surface area contributed by atoms with E-state index in [0.29, 0.717) is 18.6 Å². The van der Waals surface area contributed by atoms with Gasteiger partial charge in [0.25, 0.3) is 5.91 Å². The molecule has 1 atom stereocenters. The van der Waals surface area contributed by atoms with E-state index in [1.54, 1.807) is 13.0 Å². The minimum absolute atomic E-state index is 0.0979. The van der Waals surface area contributed by atoms with Crippen LogP contribution in [-0.2, 0) is 19.4 Å². The van der Waals surface area contributed by atoms with Gasteiger partial charge in [-0.3, -0.25) is 4.79 Å². The molecule has 2 aromatic rings. The molecule has 0 bridgehead atoms. The molecule has 0 aliphatic rings. The summed E-state index contributed by atoms with van der Waals surface area (Å²) in [5.74, 6) is -0.425.